The van der Waals surface area contributed by atoms with Gasteiger partial charge >= 0.3 is 0 Å². The lowest BCUT2D eigenvalue weighted by Gasteiger charge is -2.14. The van der Waals surface area contributed by atoms with Crippen LogP contribution < -0.4 is 20.2 Å². The number of nitrogens with one attached hydrogen (secondary N) is 1. The highest BCUT2D eigenvalue weighted by atomic mass is 79.9. The summed E-state index contributed by atoms with van der Waals surface area (Å²) in [5.41, 5.74) is 0.523. The molecule has 0 spiro atoms. The highest BCUT2D eigenvalue weighted by molar-refractivity contribution is 9.10. The summed E-state index contributed by atoms with van der Waals surface area (Å²) in [6.45, 7) is 0.267. The van der Waals surface area contributed by atoms with Gasteiger partial charge < -0.3 is 19.2 Å². The molecule has 9 heteroatoms. The maximum absolute atomic E-state index is 12.5. The van der Waals surface area contributed by atoms with Crippen LogP contribution in [0.15, 0.2) is 50.1 Å². The molecule has 0 radical (unpaired) electrons. The van der Waals surface area contributed by atoms with Crippen LogP contribution in [0.1, 0.15) is 0 Å². The van der Waals surface area contributed by atoms with Gasteiger partial charge in [-0.3, -0.25) is 14.4 Å². The summed E-state index contributed by atoms with van der Waals surface area (Å²) < 4.78 is 17.6. The summed E-state index contributed by atoms with van der Waals surface area (Å²) in [5.74, 6) is 0.424. The SMILES string of the molecule is COc1cc(Br)c(OCCNC(=O)C=O)cc1-c1cc(=O)c2cccc(Cl)c2o1. The average molecular weight is 481 g/mol. The quantitative estimate of drug-likeness (QED) is 0.316. The standard InChI is InChI=1S/C20H15BrClNO6/c1-27-16-8-13(21)18(28-6-5-23-19(26)10-24)7-12(16)17-9-15(25)11-3-2-4-14(22)20(11)29-17/h2-4,7-10H,5-6H2,1H3,(H,23,26). The Kier molecular flexibility index (Phi) is 6.56. The molecule has 1 aromatic heterocycles. The van der Waals surface area contributed by atoms with Gasteiger partial charge in [0.2, 0.25) is 6.29 Å². The molecule has 0 aliphatic heterocycles. The molecule has 0 bridgehead atoms. The molecule has 7 nitrogen and oxygen atoms in total. The van der Waals surface area contributed by atoms with Crippen LogP contribution in [0, 0.1) is 0 Å². The number of halogens is 2. The summed E-state index contributed by atoms with van der Waals surface area (Å²) in [6, 6.07) is 9.63. The number of hydrogen-bond acceptors (Lipinski definition) is 6. The first kappa shape index (κ1) is 20.9. The fourth-order valence-corrected chi connectivity index (χ4v) is 3.31. The van der Waals surface area contributed by atoms with Crippen LogP contribution in [0.25, 0.3) is 22.3 Å². The van der Waals surface area contributed by atoms with E-state index in [0.29, 0.717) is 31.9 Å². The Balaban J connectivity index is 1.99. The van der Waals surface area contributed by atoms with Crippen LogP contribution >= 0.6 is 27.5 Å². The van der Waals surface area contributed by atoms with E-state index in [4.69, 9.17) is 25.5 Å². The van der Waals surface area contributed by atoms with Gasteiger partial charge in [-0.1, -0.05) is 17.7 Å². The summed E-state index contributed by atoms with van der Waals surface area (Å²) in [5, 5.41) is 3.07. The summed E-state index contributed by atoms with van der Waals surface area (Å²) in [7, 11) is 1.49. The molecule has 2 aromatic carbocycles. The van der Waals surface area contributed by atoms with E-state index in [1.807, 2.05) is 0 Å². The van der Waals surface area contributed by atoms with Crippen LogP contribution in [0.4, 0.5) is 0 Å². The maximum Gasteiger partial charge on any atom is 0.284 e. The lowest BCUT2D eigenvalue weighted by atomic mass is 10.1. The largest absolute Gasteiger partial charge is 0.496 e. The van der Waals surface area contributed by atoms with Crippen molar-refractivity contribution in [3.8, 4) is 22.8 Å². The molecule has 150 valence electrons. The van der Waals surface area contributed by atoms with Crippen molar-refractivity contribution in [1.82, 2.24) is 5.32 Å². The topological polar surface area (TPSA) is 94.8 Å². The van der Waals surface area contributed by atoms with E-state index in [0.717, 1.165) is 0 Å². The molecule has 0 aliphatic carbocycles. The third-order valence-corrected chi connectivity index (χ3v) is 4.91. The molecular formula is C20H15BrClNO6. The molecule has 3 aromatic rings. The zero-order valence-electron chi connectivity index (χ0n) is 15.2. The van der Waals surface area contributed by atoms with E-state index in [-0.39, 0.29) is 36.2 Å². The van der Waals surface area contributed by atoms with Gasteiger partial charge in [-0.25, -0.2) is 0 Å². The van der Waals surface area contributed by atoms with E-state index in [1.54, 1.807) is 30.3 Å². The number of para-hydroxylation sites is 1. The predicted molar refractivity (Wildman–Crippen MR) is 112 cm³/mol. The minimum atomic E-state index is -0.724. The summed E-state index contributed by atoms with van der Waals surface area (Å²) in [4.78, 5) is 33.8. The van der Waals surface area contributed by atoms with E-state index in [2.05, 4.69) is 21.2 Å². The molecule has 29 heavy (non-hydrogen) atoms. The zero-order chi connectivity index (χ0) is 21.0. The number of amides is 1. The first-order valence-corrected chi connectivity index (χ1v) is 9.57. The van der Waals surface area contributed by atoms with Crippen LogP contribution in [-0.2, 0) is 9.59 Å². The smallest absolute Gasteiger partial charge is 0.284 e. The Labute approximate surface area is 178 Å². The molecule has 0 atom stereocenters. The van der Waals surface area contributed by atoms with Crippen molar-refractivity contribution in [3.63, 3.8) is 0 Å². The van der Waals surface area contributed by atoms with Crippen molar-refractivity contribution >= 4 is 50.7 Å². The number of carbonyl (C=O) groups is 2. The molecular weight excluding hydrogens is 466 g/mol. The van der Waals surface area contributed by atoms with Crippen LogP contribution in [0.3, 0.4) is 0 Å². The normalized spacial score (nSPS) is 10.6. The maximum atomic E-state index is 12.5. The highest BCUT2D eigenvalue weighted by Crippen LogP contribution is 2.39. The number of fused-ring (bicyclic) bond motifs is 1. The van der Waals surface area contributed by atoms with Gasteiger partial charge in [-0.2, -0.15) is 0 Å². The van der Waals surface area contributed by atoms with Crippen molar-refractivity contribution < 1.29 is 23.5 Å². The van der Waals surface area contributed by atoms with Crippen molar-refractivity contribution in [2.75, 3.05) is 20.3 Å². The number of benzene rings is 2. The molecule has 0 unspecified atom stereocenters. The molecule has 0 saturated carbocycles. The van der Waals surface area contributed by atoms with Crippen molar-refractivity contribution in [2.24, 2.45) is 0 Å². The molecule has 1 N–H and O–H groups in total. The first-order valence-electron chi connectivity index (χ1n) is 8.40. The fourth-order valence-electron chi connectivity index (χ4n) is 2.66. The van der Waals surface area contributed by atoms with Crippen molar-refractivity contribution in [1.29, 1.82) is 0 Å². The van der Waals surface area contributed by atoms with Gasteiger partial charge in [-0.05, 0) is 40.2 Å². The molecule has 1 heterocycles. The molecule has 0 aliphatic rings. The average Bonchev–Trinajstić information content (AvgIpc) is 2.72. The Morgan fingerprint density at radius 1 is 1.28 bits per heavy atom. The Morgan fingerprint density at radius 3 is 2.79 bits per heavy atom. The van der Waals surface area contributed by atoms with Gasteiger partial charge in [0.1, 0.15) is 23.9 Å². The van der Waals surface area contributed by atoms with Crippen molar-refractivity contribution in [3.05, 3.63) is 56.1 Å². The number of carbonyl (C=O) groups excluding carboxylic acids is 2. The van der Waals surface area contributed by atoms with Crippen LogP contribution in [0.5, 0.6) is 11.5 Å². The van der Waals surface area contributed by atoms with Gasteiger partial charge in [0, 0.05) is 6.07 Å². The minimum absolute atomic E-state index is 0.122. The second-order valence-corrected chi connectivity index (χ2v) is 7.09. The fraction of sp³-hybridized carbons (Fsp3) is 0.150. The monoisotopic (exact) mass is 479 g/mol. The van der Waals surface area contributed by atoms with E-state index in [1.165, 1.54) is 13.2 Å². The van der Waals surface area contributed by atoms with E-state index in [9.17, 15) is 14.4 Å². The number of methoxy groups -OCH3 is 1. The van der Waals surface area contributed by atoms with Gasteiger partial charge in [0.15, 0.2) is 11.0 Å². The predicted octanol–water partition coefficient (Wildman–Crippen LogP) is 3.58. The van der Waals surface area contributed by atoms with Gasteiger partial charge in [-0.15, -0.1) is 0 Å². The molecule has 1 amide bonds. The second kappa shape index (κ2) is 9.11. The second-order valence-electron chi connectivity index (χ2n) is 5.83. The zero-order valence-corrected chi connectivity index (χ0v) is 17.5. The molecule has 0 fully saturated rings. The third-order valence-electron chi connectivity index (χ3n) is 3.99. The number of hydrogen-bond donors (Lipinski definition) is 1. The Morgan fingerprint density at radius 2 is 2.07 bits per heavy atom. The minimum Gasteiger partial charge on any atom is -0.496 e. The van der Waals surface area contributed by atoms with Gasteiger partial charge in [0.05, 0.1) is 34.1 Å². The molecule has 3 rings (SSSR count). The lowest BCUT2D eigenvalue weighted by Crippen LogP contribution is -2.28. The Hall–Kier alpha value is -2.84. The van der Waals surface area contributed by atoms with Crippen LogP contribution in [0.2, 0.25) is 5.02 Å². The summed E-state index contributed by atoms with van der Waals surface area (Å²) in [6.07, 6.45) is 0.189. The van der Waals surface area contributed by atoms with Crippen molar-refractivity contribution in [2.45, 2.75) is 0 Å². The molecule has 0 saturated heterocycles. The van der Waals surface area contributed by atoms with Gasteiger partial charge in [0.25, 0.3) is 5.91 Å². The number of aldehydes is 1. The Bertz CT molecular complexity index is 1140. The van der Waals surface area contributed by atoms with E-state index < -0.39 is 5.91 Å². The third kappa shape index (κ3) is 4.60. The number of ether oxygens (including phenoxy) is 2. The van der Waals surface area contributed by atoms with Crippen LogP contribution in [-0.4, -0.2) is 32.5 Å². The van der Waals surface area contributed by atoms with E-state index >= 15 is 0 Å². The number of rotatable bonds is 7. The highest BCUT2D eigenvalue weighted by Gasteiger charge is 2.17. The first-order chi connectivity index (χ1) is 13.9. The lowest BCUT2D eigenvalue weighted by molar-refractivity contribution is -0.131. The summed E-state index contributed by atoms with van der Waals surface area (Å²) >= 11 is 9.58.